The highest BCUT2D eigenvalue weighted by Gasteiger charge is 2.05. The van der Waals surface area contributed by atoms with E-state index in [9.17, 15) is 5.11 Å². The van der Waals surface area contributed by atoms with Crippen LogP contribution in [0.25, 0.3) is 10.8 Å². The first-order valence-electron chi connectivity index (χ1n) is 5.37. The molecule has 1 atom stereocenters. The minimum Gasteiger partial charge on any atom is -0.390 e. The van der Waals surface area contributed by atoms with E-state index >= 15 is 0 Å². The molecule has 0 aliphatic rings. The molecule has 90 valence electrons. The van der Waals surface area contributed by atoms with Crippen molar-refractivity contribution in [3.05, 3.63) is 40.9 Å². The zero-order valence-electron chi connectivity index (χ0n) is 9.16. The second kappa shape index (κ2) is 5.71. The molecule has 0 spiro atoms. The molecule has 0 saturated carbocycles. The van der Waals surface area contributed by atoms with Gasteiger partial charge in [-0.25, -0.2) is 0 Å². The molecule has 2 N–H and O–H groups in total. The molecule has 0 aliphatic carbocycles. The van der Waals surface area contributed by atoms with Gasteiger partial charge in [0, 0.05) is 22.1 Å². The first-order valence-corrected chi connectivity index (χ1v) is 6.70. The Morgan fingerprint density at radius 1 is 1.18 bits per heavy atom. The molecule has 0 radical (unpaired) electrons. The average Bonchev–Trinajstić information content (AvgIpc) is 2.36. The van der Waals surface area contributed by atoms with Gasteiger partial charge in [0.15, 0.2) is 0 Å². The number of aliphatic hydroxyl groups excluding tert-OH is 1. The summed E-state index contributed by atoms with van der Waals surface area (Å²) < 4.78 is 1.07. The Balaban J connectivity index is 2.31. The molecule has 0 saturated heterocycles. The summed E-state index contributed by atoms with van der Waals surface area (Å²) >= 11 is 9.09. The van der Waals surface area contributed by atoms with Crippen molar-refractivity contribution in [3.8, 4) is 0 Å². The van der Waals surface area contributed by atoms with Crippen LogP contribution >= 0.6 is 27.5 Å². The minimum absolute atomic E-state index is 0.238. The van der Waals surface area contributed by atoms with Gasteiger partial charge in [-0.05, 0) is 17.5 Å². The van der Waals surface area contributed by atoms with Crippen LogP contribution in [0.5, 0.6) is 0 Å². The summed E-state index contributed by atoms with van der Waals surface area (Å²) in [5.41, 5.74) is 1.01. The summed E-state index contributed by atoms with van der Waals surface area (Å²) in [6, 6.07) is 12.1. The third kappa shape index (κ3) is 2.92. The number of hydrogen-bond donors (Lipinski definition) is 2. The lowest BCUT2D eigenvalue weighted by molar-refractivity contribution is 0.211. The first kappa shape index (κ1) is 12.7. The SMILES string of the molecule is OC(CCl)CNc1cccc2c(Br)cccc12. The third-order valence-electron chi connectivity index (χ3n) is 2.58. The van der Waals surface area contributed by atoms with Crippen molar-refractivity contribution in [3.63, 3.8) is 0 Å². The maximum Gasteiger partial charge on any atom is 0.0847 e. The second-order valence-electron chi connectivity index (χ2n) is 3.83. The van der Waals surface area contributed by atoms with Gasteiger partial charge in [-0.2, -0.15) is 0 Å². The Labute approximate surface area is 114 Å². The number of hydrogen-bond acceptors (Lipinski definition) is 2. The number of fused-ring (bicyclic) bond motifs is 1. The normalized spacial score (nSPS) is 12.6. The largest absolute Gasteiger partial charge is 0.390 e. The highest BCUT2D eigenvalue weighted by Crippen LogP contribution is 2.29. The van der Waals surface area contributed by atoms with E-state index in [-0.39, 0.29) is 5.88 Å². The lowest BCUT2D eigenvalue weighted by Gasteiger charge is -2.12. The second-order valence-corrected chi connectivity index (χ2v) is 4.99. The molecule has 0 aliphatic heterocycles. The van der Waals surface area contributed by atoms with Crippen LogP contribution in [0.15, 0.2) is 40.9 Å². The maximum atomic E-state index is 9.44. The summed E-state index contributed by atoms with van der Waals surface area (Å²) in [7, 11) is 0. The molecule has 0 aromatic heterocycles. The summed E-state index contributed by atoms with van der Waals surface area (Å²) in [6.45, 7) is 0.453. The summed E-state index contributed by atoms with van der Waals surface area (Å²) in [4.78, 5) is 0. The van der Waals surface area contributed by atoms with Crippen molar-refractivity contribution in [1.82, 2.24) is 0 Å². The zero-order chi connectivity index (χ0) is 12.3. The molecular formula is C13H13BrClNO. The van der Waals surface area contributed by atoms with Crippen LogP contribution in [-0.4, -0.2) is 23.6 Å². The van der Waals surface area contributed by atoms with E-state index in [1.807, 2.05) is 24.3 Å². The van der Waals surface area contributed by atoms with E-state index in [2.05, 4.69) is 33.4 Å². The number of nitrogens with one attached hydrogen (secondary N) is 1. The lowest BCUT2D eigenvalue weighted by atomic mass is 10.1. The van der Waals surface area contributed by atoms with Crippen molar-refractivity contribution in [1.29, 1.82) is 0 Å². The van der Waals surface area contributed by atoms with E-state index in [1.54, 1.807) is 0 Å². The Bertz CT molecular complexity index is 518. The van der Waals surface area contributed by atoms with Gasteiger partial charge in [0.05, 0.1) is 12.0 Å². The topological polar surface area (TPSA) is 32.3 Å². The predicted octanol–water partition coefficient (Wildman–Crippen LogP) is 3.61. The van der Waals surface area contributed by atoms with Crippen LogP contribution < -0.4 is 5.32 Å². The molecule has 0 heterocycles. The van der Waals surface area contributed by atoms with E-state index in [0.29, 0.717) is 6.54 Å². The fraction of sp³-hybridized carbons (Fsp3) is 0.231. The van der Waals surface area contributed by atoms with E-state index in [0.717, 1.165) is 20.9 Å². The Morgan fingerprint density at radius 2 is 1.88 bits per heavy atom. The standard InChI is InChI=1S/C13H13BrClNO/c14-12-5-1-4-11-10(12)3-2-6-13(11)16-8-9(17)7-15/h1-6,9,16-17H,7-8H2. The van der Waals surface area contributed by atoms with Crippen molar-refractivity contribution < 1.29 is 5.11 Å². The van der Waals surface area contributed by atoms with Crippen molar-refractivity contribution in [2.75, 3.05) is 17.7 Å². The molecule has 17 heavy (non-hydrogen) atoms. The number of halogens is 2. The zero-order valence-corrected chi connectivity index (χ0v) is 11.5. The molecule has 0 amide bonds. The Kier molecular flexibility index (Phi) is 4.26. The number of aliphatic hydroxyl groups is 1. The molecule has 0 bridgehead atoms. The van der Waals surface area contributed by atoms with Gasteiger partial charge in [0.1, 0.15) is 0 Å². The van der Waals surface area contributed by atoms with Crippen molar-refractivity contribution in [2.45, 2.75) is 6.10 Å². The predicted molar refractivity (Wildman–Crippen MR) is 76.9 cm³/mol. The summed E-state index contributed by atoms with van der Waals surface area (Å²) in [6.07, 6.45) is -0.529. The van der Waals surface area contributed by atoms with Crippen LogP contribution in [0.2, 0.25) is 0 Å². The van der Waals surface area contributed by atoms with Gasteiger partial charge >= 0.3 is 0 Å². The monoisotopic (exact) mass is 313 g/mol. The number of alkyl halides is 1. The van der Waals surface area contributed by atoms with Crippen LogP contribution in [0.4, 0.5) is 5.69 Å². The quantitative estimate of drug-likeness (QED) is 0.845. The Hall–Kier alpha value is -0.770. The lowest BCUT2D eigenvalue weighted by Crippen LogP contribution is -2.20. The van der Waals surface area contributed by atoms with Crippen LogP contribution in [-0.2, 0) is 0 Å². The van der Waals surface area contributed by atoms with Gasteiger partial charge in [-0.15, -0.1) is 11.6 Å². The molecule has 2 aromatic carbocycles. The molecule has 1 unspecified atom stereocenters. The van der Waals surface area contributed by atoms with Gasteiger partial charge in [0.2, 0.25) is 0 Å². The highest BCUT2D eigenvalue weighted by molar-refractivity contribution is 9.10. The minimum atomic E-state index is -0.529. The third-order valence-corrected chi connectivity index (χ3v) is 3.62. The average molecular weight is 315 g/mol. The number of anilines is 1. The van der Waals surface area contributed by atoms with Crippen LogP contribution in [0, 0.1) is 0 Å². The molecule has 0 fully saturated rings. The smallest absolute Gasteiger partial charge is 0.0847 e. The molecule has 2 rings (SSSR count). The fourth-order valence-electron chi connectivity index (χ4n) is 1.71. The van der Waals surface area contributed by atoms with E-state index in [1.165, 1.54) is 0 Å². The van der Waals surface area contributed by atoms with E-state index < -0.39 is 6.10 Å². The van der Waals surface area contributed by atoms with Gasteiger partial charge in [-0.1, -0.05) is 40.2 Å². The molecule has 2 aromatic rings. The molecule has 2 nitrogen and oxygen atoms in total. The number of benzene rings is 2. The van der Waals surface area contributed by atoms with Crippen molar-refractivity contribution in [2.24, 2.45) is 0 Å². The summed E-state index contributed by atoms with van der Waals surface area (Å²) in [5, 5.41) is 14.9. The van der Waals surface area contributed by atoms with Crippen LogP contribution in [0.3, 0.4) is 0 Å². The molecular weight excluding hydrogens is 302 g/mol. The van der Waals surface area contributed by atoms with E-state index in [4.69, 9.17) is 11.6 Å². The fourth-order valence-corrected chi connectivity index (χ4v) is 2.32. The van der Waals surface area contributed by atoms with Crippen molar-refractivity contribution >= 4 is 44.0 Å². The Morgan fingerprint density at radius 3 is 2.65 bits per heavy atom. The summed E-state index contributed by atoms with van der Waals surface area (Å²) in [5.74, 6) is 0.238. The first-order chi connectivity index (χ1) is 8.22. The van der Waals surface area contributed by atoms with Gasteiger partial charge in [0.25, 0.3) is 0 Å². The van der Waals surface area contributed by atoms with Gasteiger partial charge < -0.3 is 10.4 Å². The van der Waals surface area contributed by atoms with Crippen LogP contribution in [0.1, 0.15) is 0 Å². The van der Waals surface area contributed by atoms with Gasteiger partial charge in [-0.3, -0.25) is 0 Å². The molecule has 4 heteroatoms. The maximum absolute atomic E-state index is 9.44. The highest BCUT2D eigenvalue weighted by atomic mass is 79.9. The number of rotatable bonds is 4.